The Morgan fingerprint density at radius 3 is 2.62 bits per heavy atom. The number of benzene rings is 2. The van der Waals surface area contributed by atoms with Gasteiger partial charge in [0.15, 0.2) is 0 Å². The number of carbonyl (C=O) groups is 1. The molecule has 2 heterocycles. The van der Waals surface area contributed by atoms with Crippen LogP contribution < -0.4 is 0 Å². The third-order valence-electron chi connectivity index (χ3n) is 3.57. The largest absolute Gasteiger partial charge is 0.507 e. The Kier molecular flexibility index (Phi) is 2.59. The highest BCUT2D eigenvalue weighted by Gasteiger charge is 2.17. The van der Waals surface area contributed by atoms with Crippen molar-refractivity contribution in [2.45, 2.75) is 0 Å². The fourth-order valence-electron chi connectivity index (χ4n) is 2.54. The summed E-state index contributed by atoms with van der Waals surface area (Å²) in [7, 11) is 0. The van der Waals surface area contributed by atoms with Gasteiger partial charge in [-0.2, -0.15) is 0 Å². The fraction of sp³-hybridized carbons (Fsp3) is 0. The molecule has 0 atom stereocenters. The highest BCUT2D eigenvalue weighted by molar-refractivity contribution is 7.20. The van der Waals surface area contributed by atoms with Gasteiger partial charge in [0.25, 0.3) is 0 Å². The summed E-state index contributed by atoms with van der Waals surface area (Å²) in [4.78, 5) is 17.4. The smallest absolute Gasteiger partial charge is 0.206 e. The molecule has 0 aliphatic rings. The first-order chi connectivity index (χ1) is 10.2. The maximum Gasteiger partial charge on any atom is 0.206 e. The Bertz CT molecular complexity index is 981. The predicted octanol–water partition coefficient (Wildman–Crippen LogP) is 4.32. The molecule has 2 aromatic heterocycles. The van der Waals surface area contributed by atoms with E-state index in [2.05, 4.69) is 4.98 Å². The molecule has 0 fully saturated rings. The highest BCUT2D eigenvalue weighted by Crippen LogP contribution is 2.33. The first-order valence-electron chi connectivity index (χ1n) is 6.57. The molecule has 0 unspecified atom stereocenters. The molecule has 102 valence electrons. The van der Waals surface area contributed by atoms with E-state index in [1.165, 1.54) is 17.4 Å². The maximum absolute atomic E-state index is 12.5. The van der Waals surface area contributed by atoms with Crippen LogP contribution in [0, 0.1) is 0 Å². The quantitative estimate of drug-likeness (QED) is 0.541. The molecule has 0 spiro atoms. The molecule has 4 heteroatoms. The molecule has 0 saturated heterocycles. The van der Waals surface area contributed by atoms with E-state index in [0.717, 1.165) is 21.1 Å². The molecule has 2 N–H and O–H groups in total. The minimum atomic E-state index is -0.146. The van der Waals surface area contributed by atoms with Crippen molar-refractivity contribution in [3.63, 3.8) is 0 Å². The maximum atomic E-state index is 12.5. The zero-order valence-electron chi connectivity index (χ0n) is 11.0. The van der Waals surface area contributed by atoms with Crippen LogP contribution in [0.15, 0.2) is 54.6 Å². The van der Waals surface area contributed by atoms with E-state index in [0.29, 0.717) is 10.4 Å². The summed E-state index contributed by atoms with van der Waals surface area (Å²) in [5.74, 6) is -0.129. The van der Waals surface area contributed by atoms with Crippen LogP contribution in [0.1, 0.15) is 15.2 Å². The molecule has 0 radical (unpaired) electrons. The van der Waals surface area contributed by atoms with E-state index in [1.807, 2.05) is 30.3 Å². The molecule has 0 bridgehead atoms. The third kappa shape index (κ3) is 1.84. The number of ketones is 1. The molecule has 0 amide bonds. The van der Waals surface area contributed by atoms with Crippen molar-refractivity contribution >= 4 is 38.2 Å². The summed E-state index contributed by atoms with van der Waals surface area (Å²) >= 11 is 1.42. The number of nitrogens with one attached hydrogen (secondary N) is 1. The van der Waals surface area contributed by atoms with Crippen LogP contribution in [-0.2, 0) is 0 Å². The predicted molar refractivity (Wildman–Crippen MR) is 85.2 cm³/mol. The molecule has 2 aromatic carbocycles. The molecule has 0 aliphatic carbocycles. The number of hydrogen-bond donors (Lipinski definition) is 2. The first kappa shape index (κ1) is 12.2. The second kappa shape index (κ2) is 4.46. The summed E-state index contributed by atoms with van der Waals surface area (Å²) < 4.78 is 0. The normalized spacial score (nSPS) is 11.2. The van der Waals surface area contributed by atoms with Crippen molar-refractivity contribution in [3.05, 3.63) is 65.0 Å². The Hall–Kier alpha value is -2.59. The number of carbonyl (C=O) groups excluding carboxylic acids is 1. The monoisotopic (exact) mass is 293 g/mol. The molecule has 0 saturated carbocycles. The Morgan fingerprint density at radius 1 is 1.00 bits per heavy atom. The molecular formula is C17H11NO2S. The lowest BCUT2D eigenvalue weighted by atomic mass is 10.1. The molecular weight excluding hydrogens is 282 g/mol. The fourth-order valence-corrected chi connectivity index (χ4v) is 3.58. The topological polar surface area (TPSA) is 53.1 Å². The van der Waals surface area contributed by atoms with Crippen molar-refractivity contribution in [1.82, 2.24) is 4.98 Å². The number of fused-ring (bicyclic) bond motifs is 3. The summed E-state index contributed by atoms with van der Waals surface area (Å²) in [6.45, 7) is 0. The summed E-state index contributed by atoms with van der Waals surface area (Å²) in [6.07, 6.45) is 0. The summed E-state index contributed by atoms with van der Waals surface area (Å²) in [5, 5.41) is 12.0. The van der Waals surface area contributed by atoms with E-state index in [4.69, 9.17) is 0 Å². The number of hydrogen-bond acceptors (Lipinski definition) is 3. The van der Waals surface area contributed by atoms with Crippen LogP contribution >= 0.6 is 11.3 Å². The SMILES string of the molecule is O=C(c1cc2c([nH]c3ccccc32)s1)c1ccccc1O. The van der Waals surface area contributed by atoms with Gasteiger partial charge in [-0.1, -0.05) is 30.3 Å². The second-order valence-corrected chi connectivity index (χ2v) is 5.92. The van der Waals surface area contributed by atoms with E-state index in [1.54, 1.807) is 18.2 Å². The zero-order chi connectivity index (χ0) is 14.4. The first-order valence-corrected chi connectivity index (χ1v) is 7.38. The lowest BCUT2D eigenvalue weighted by Crippen LogP contribution is -1.98. The van der Waals surface area contributed by atoms with Gasteiger partial charge in [0, 0.05) is 16.3 Å². The van der Waals surface area contributed by atoms with Crippen LogP contribution in [0.4, 0.5) is 0 Å². The number of phenolic OH excluding ortho intramolecular Hbond substituents is 1. The standard InChI is InChI=1S/C17H11NO2S/c19-14-8-4-2-6-11(14)16(20)15-9-12-10-5-1-3-7-13(10)18-17(12)21-15/h1-9,18-19H. The molecule has 0 aliphatic heterocycles. The van der Waals surface area contributed by atoms with Crippen LogP contribution in [0.2, 0.25) is 0 Å². The summed E-state index contributed by atoms with van der Waals surface area (Å²) in [6, 6.07) is 16.6. The van der Waals surface area contributed by atoms with Gasteiger partial charge >= 0.3 is 0 Å². The van der Waals surface area contributed by atoms with Crippen LogP contribution in [-0.4, -0.2) is 15.9 Å². The van der Waals surface area contributed by atoms with Gasteiger partial charge in [-0.05, 0) is 24.3 Å². The van der Waals surface area contributed by atoms with Gasteiger partial charge in [-0.15, -0.1) is 11.3 Å². The van der Waals surface area contributed by atoms with Gasteiger partial charge < -0.3 is 10.1 Å². The van der Waals surface area contributed by atoms with Crippen molar-refractivity contribution in [1.29, 1.82) is 0 Å². The Labute approximate surface area is 124 Å². The highest BCUT2D eigenvalue weighted by atomic mass is 32.1. The number of thiophene rings is 1. The van der Waals surface area contributed by atoms with Gasteiger partial charge in [0.1, 0.15) is 10.6 Å². The van der Waals surface area contributed by atoms with Crippen molar-refractivity contribution < 1.29 is 9.90 Å². The van der Waals surface area contributed by atoms with Crippen molar-refractivity contribution in [2.75, 3.05) is 0 Å². The van der Waals surface area contributed by atoms with Crippen LogP contribution in [0.25, 0.3) is 21.1 Å². The number of aromatic hydroxyl groups is 1. The van der Waals surface area contributed by atoms with Crippen LogP contribution in [0.5, 0.6) is 5.75 Å². The molecule has 4 aromatic rings. The van der Waals surface area contributed by atoms with Gasteiger partial charge in [0.05, 0.1) is 10.4 Å². The lowest BCUT2D eigenvalue weighted by Gasteiger charge is -2.00. The lowest BCUT2D eigenvalue weighted by molar-refractivity contribution is 0.104. The number of rotatable bonds is 2. The Morgan fingerprint density at radius 2 is 1.76 bits per heavy atom. The average molecular weight is 293 g/mol. The summed E-state index contributed by atoms with van der Waals surface area (Å²) in [5.41, 5.74) is 1.41. The number of aromatic amines is 1. The number of para-hydroxylation sites is 2. The minimum Gasteiger partial charge on any atom is -0.507 e. The number of aromatic nitrogens is 1. The van der Waals surface area contributed by atoms with Gasteiger partial charge in [0.2, 0.25) is 5.78 Å². The van der Waals surface area contributed by atoms with E-state index in [-0.39, 0.29) is 11.5 Å². The minimum absolute atomic E-state index is 0.0180. The second-order valence-electron chi connectivity index (χ2n) is 4.87. The third-order valence-corrected chi connectivity index (χ3v) is 4.62. The van der Waals surface area contributed by atoms with E-state index >= 15 is 0 Å². The van der Waals surface area contributed by atoms with Crippen LogP contribution in [0.3, 0.4) is 0 Å². The number of phenols is 1. The molecule has 4 rings (SSSR count). The van der Waals surface area contributed by atoms with E-state index in [9.17, 15) is 9.90 Å². The van der Waals surface area contributed by atoms with Gasteiger partial charge in [-0.3, -0.25) is 4.79 Å². The van der Waals surface area contributed by atoms with Crippen molar-refractivity contribution in [3.8, 4) is 5.75 Å². The average Bonchev–Trinajstić information content (AvgIpc) is 3.04. The Balaban J connectivity index is 1.88. The van der Waals surface area contributed by atoms with Crippen molar-refractivity contribution in [2.24, 2.45) is 0 Å². The molecule has 3 nitrogen and oxygen atoms in total. The number of H-pyrrole nitrogens is 1. The van der Waals surface area contributed by atoms with Gasteiger partial charge in [-0.25, -0.2) is 0 Å². The molecule has 21 heavy (non-hydrogen) atoms. The zero-order valence-corrected chi connectivity index (χ0v) is 11.8. The van der Waals surface area contributed by atoms with E-state index < -0.39 is 0 Å².